The molecule has 0 bridgehead atoms. The lowest BCUT2D eigenvalue weighted by Crippen LogP contribution is -2.47. The molecule has 5 nitrogen and oxygen atoms in total. The molecule has 29 heavy (non-hydrogen) atoms. The number of benzene rings is 2. The van der Waals surface area contributed by atoms with Gasteiger partial charge in [-0.1, -0.05) is 30.3 Å². The van der Waals surface area contributed by atoms with Crippen molar-refractivity contribution in [2.45, 2.75) is 50.7 Å². The monoisotopic (exact) mass is 393 g/mol. The van der Waals surface area contributed by atoms with E-state index in [-0.39, 0.29) is 11.0 Å². The highest BCUT2D eigenvalue weighted by Crippen LogP contribution is 2.53. The number of hydrogen-bond acceptors (Lipinski definition) is 4. The molecule has 0 aliphatic carbocycles. The first-order valence-corrected chi connectivity index (χ1v) is 10.3. The van der Waals surface area contributed by atoms with Crippen LogP contribution in [0.4, 0.5) is 10.5 Å². The van der Waals surface area contributed by atoms with Crippen molar-refractivity contribution < 1.29 is 9.53 Å². The van der Waals surface area contributed by atoms with E-state index in [0.29, 0.717) is 11.9 Å². The molecule has 5 heteroatoms. The smallest absolute Gasteiger partial charge is 0.410 e. The minimum absolute atomic E-state index is 0.0138. The molecule has 0 saturated carbocycles. The Kier molecular flexibility index (Phi) is 4.82. The lowest BCUT2D eigenvalue weighted by molar-refractivity contribution is 0.190. The minimum Gasteiger partial charge on any atom is -0.410 e. The molecule has 4 rings (SSSR count). The molecule has 2 atom stereocenters. The van der Waals surface area contributed by atoms with Crippen LogP contribution in [0, 0.1) is 0 Å². The number of carbonyl (C=O) groups excluding carboxylic acids is 1. The first-order valence-electron chi connectivity index (χ1n) is 10.3. The first kappa shape index (κ1) is 19.8. The number of fused-ring (bicyclic) bond motifs is 3. The molecular formula is C24H31N3O2. The third-order valence-electron chi connectivity index (χ3n) is 6.12. The number of hydrogen-bond donors (Lipinski definition) is 1. The number of rotatable bonds is 3. The van der Waals surface area contributed by atoms with Crippen LogP contribution in [-0.4, -0.2) is 43.3 Å². The lowest BCUT2D eigenvalue weighted by Gasteiger charge is -2.35. The first-order chi connectivity index (χ1) is 13.7. The molecule has 0 unspecified atom stereocenters. The Bertz CT molecular complexity index is 906. The molecule has 0 radical (unpaired) electrons. The van der Waals surface area contributed by atoms with Crippen molar-refractivity contribution in [3.63, 3.8) is 0 Å². The van der Waals surface area contributed by atoms with Crippen molar-refractivity contribution in [1.82, 2.24) is 10.2 Å². The van der Waals surface area contributed by atoms with Gasteiger partial charge in [0.25, 0.3) is 0 Å². The van der Waals surface area contributed by atoms with Gasteiger partial charge in [0.15, 0.2) is 0 Å². The standard InChI is InChI=1S/C24H31N3O2/c1-23(2,3)25-22(28)29-18-11-12-20-19(15-18)24(16-17-9-7-6-8-10-17)13-14-26(4)21(24)27(20)5/h6-12,15,21H,13-14,16H2,1-5H3,(H,25,28)/t21-,24-/m1/s1. The summed E-state index contributed by atoms with van der Waals surface area (Å²) in [5.41, 5.74) is 3.49. The van der Waals surface area contributed by atoms with Crippen LogP contribution < -0.4 is 15.0 Å². The molecule has 1 saturated heterocycles. The summed E-state index contributed by atoms with van der Waals surface area (Å²) >= 11 is 0. The van der Waals surface area contributed by atoms with Crippen LogP contribution in [0.3, 0.4) is 0 Å². The van der Waals surface area contributed by atoms with Crippen LogP contribution in [0.15, 0.2) is 48.5 Å². The highest BCUT2D eigenvalue weighted by Gasteiger charge is 2.55. The Morgan fingerprint density at radius 1 is 1.17 bits per heavy atom. The second-order valence-corrected chi connectivity index (χ2v) is 9.48. The SMILES string of the molecule is CN1CC[C@@]2(Cc3ccccc3)c3cc(OC(=O)NC(C)(C)C)ccc3N(C)[C@@H]12. The van der Waals surface area contributed by atoms with Crippen LogP contribution in [0.5, 0.6) is 5.75 Å². The molecule has 1 N–H and O–H groups in total. The van der Waals surface area contributed by atoms with E-state index in [0.717, 1.165) is 19.4 Å². The van der Waals surface area contributed by atoms with Gasteiger partial charge in [-0.15, -0.1) is 0 Å². The van der Waals surface area contributed by atoms with Gasteiger partial charge in [0.1, 0.15) is 5.75 Å². The number of likely N-dealkylation sites (tertiary alicyclic amines) is 1. The number of carbonyl (C=O) groups is 1. The largest absolute Gasteiger partial charge is 0.413 e. The summed E-state index contributed by atoms with van der Waals surface area (Å²) in [5.74, 6) is 0.599. The van der Waals surface area contributed by atoms with Crippen molar-refractivity contribution in [2.24, 2.45) is 0 Å². The van der Waals surface area contributed by atoms with Gasteiger partial charge in [0, 0.05) is 30.2 Å². The summed E-state index contributed by atoms with van der Waals surface area (Å²) in [6, 6.07) is 16.8. The summed E-state index contributed by atoms with van der Waals surface area (Å²) < 4.78 is 5.64. The summed E-state index contributed by atoms with van der Waals surface area (Å²) in [4.78, 5) is 17.1. The minimum atomic E-state index is -0.416. The number of amides is 1. The van der Waals surface area contributed by atoms with Crippen molar-refractivity contribution in [3.8, 4) is 5.75 Å². The number of likely N-dealkylation sites (N-methyl/N-ethyl adjacent to an activating group) is 2. The van der Waals surface area contributed by atoms with E-state index in [1.54, 1.807) is 0 Å². The average molecular weight is 394 g/mol. The number of nitrogens with one attached hydrogen (secondary N) is 1. The van der Waals surface area contributed by atoms with E-state index >= 15 is 0 Å². The number of anilines is 1. The van der Waals surface area contributed by atoms with Crippen molar-refractivity contribution in [3.05, 3.63) is 59.7 Å². The molecule has 0 aromatic heterocycles. The molecule has 2 aromatic carbocycles. The van der Waals surface area contributed by atoms with E-state index in [2.05, 4.69) is 71.7 Å². The van der Waals surface area contributed by atoms with Gasteiger partial charge >= 0.3 is 6.09 Å². The second kappa shape index (κ2) is 7.06. The molecule has 154 valence electrons. The Morgan fingerprint density at radius 2 is 1.90 bits per heavy atom. The normalized spacial score (nSPS) is 23.6. The number of ether oxygens (including phenoxy) is 1. The third-order valence-corrected chi connectivity index (χ3v) is 6.12. The van der Waals surface area contributed by atoms with Crippen molar-refractivity contribution >= 4 is 11.8 Å². The van der Waals surface area contributed by atoms with Crippen LogP contribution in [-0.2, 0) is 11.8 Å². The van der Waals surface area contributed by atoms with Crippen LogP contribution in [0.1, 0.15) is 38.3 Å². The zero-order valence-electron chi connectivity index (χ0n) is 18.0. The highest BCUT2D eigenvalue weighted by molar-refractivity contribution is 5.73. The maximum atomic E-state index is 12.3. The fraction of sp³-hybridized carbons (Fsp3) is 0.458. The summed E-state index contributed by atoms with van der Waals surface area (Å²) in [6.45, 7) is 6.88. The highest BCUT2D eigenvalue weighted by atomic mass is 16.6. The second-order valence-electron chi connectivity index (χ2n) is 9.48. The van der Waals surface area contributed by atoms with E-state index < -0.39 is 6.09 Å². The molecule has 2 aliphatic heterocycles. The molecular weight excluding hydrogens is 362 g/mol. The average Bonchev–Trinajstić information content (AvgIpc) is 3.08. The summed E-state index contributed by atoms with van der Waals surface area (Å²) in [7, 11) is 4.37. The molecule has 1 amide bonds. The fourth-order valence-electron chi connectivity index (χ4n) is 5.08. The molecule has 1 fully saturated rings. The van der Waals surface area contributed by atoms with Crippen LogP contribution >= 0.6 is 0 Å². The van der Waals surface area contributed by atoms with Gasteiger partial charge in [0.05, 0.1) is 6.17 Å². The van der Waals surface area contributed by atoms with Crippen molar-refractivity contribution in [2.75, 3.05) is 25.5 Å². The van der Waals surface area contributed by atoms with Gasteiger partial charge in [-0.05, 0) is 70.0 Å². The Labute approximate surface area is 173 Å². The van der Waals surface area contributed by atoms with E-state index in [9.17, 15) is 4.79 Å². The summed E-state index contributed by atoms with van der Waals surface area (Å²) in [6.07, 6.45) is 1.94. The zero-order chi connectivity index (χ0) is 20.8. The maximum absolute atomic E-state index is 12.3. The van der Waals surface area contributed by atoms with Crippen LogP contribution in [0.25, 0.3) is 0 Å². The summed E-state index contributed by atoms with van der Waals surface area (Å²) in [5, 5.41) is 2.87. The predicted molar refractivity (Wildman–Crippen MR) is 117 cm³/mol. The molecule has 2 heterocycles. The third kappa shape index (κ3) is 3.60. The topological polar surface area (TPSA) is 44.8 Å². The fourth-order valence-corrected chi connectivity index (χ4v) is 5.08. The molecule has 0 spiro atoms. The Balaban J connectivity index is 1.70. The van der Waals surface area contributed by atoms with Gasteiger partial charge in [0.2, 0.25) is 0 Å². The van der Waals surface area contributed by atoms with Crippen LogP contribution in [0.2, 0.25) is 0 Å². The molecule has 2 aromatic rings. The Hall–Kier alpha value is -2.53. The van der Waals surface area contributed by atoms with E-state index in [4.69, 9.17) is 4.74 Å². The number of nitrogens with zero attached hydrogens (tertiary/aromatic N) is 2. The van der Waals surface area contributed by atoms with Gasteiger partial charge in [-0.2, -0.15) is 0 Å². The van der Waals surface area contributed by atoms with Crippen molar-refractivity contribution in [1.29, 1.82) is 0 Å². The van der Waals surface area contributed by atoms with Gasteiger partial charge < -0.3 is 15.0 Å². The Morgan fingerprint density at radius 3 is 2.59 bits per heavy atom. The van der Waals surface area contributed by atoms with E-state index in [1.807, 2.05) is 26.8 Å². The molecule has 2 aliphatic rings. The predicted octanol–water partition coefficient (Wildman–Crippen LogP) is 4.17. The quantitative estimate of drug-likeness (QED) is 0.850. The van der Waals surface area contributed by atoms with Gasteiger partial charge in [-0.3, -0.25) is 4.90 Å². The van der Waals surface area contributed by atoms with Gasteiger partial charge in [-0.25, -0.2) is 4.79 Å². The zero-order valence-corrected chi connectivity index (χ0v) is 18.0. The lowest BCUT2D eigenvalue weighted by atomic mass is 9.74. The maximum Gasteiger partial charge on any atom is 0.413 e. The van der Waals surface area contributed by atoms with E-state index in [1.165, 1.54) is 16.8 Å².